The van der Waals surface area contributed by atoms with Gasteiger partial charge in [-0.15, -0.1) is 0 Å². The van der Waals surface area contributed by atoms with Crippen LogP contribution < -0.4 is 10.6 Å². The maximum Gasteiger partial charge on any atom is 0.237 e. The van der Waals surface area contributed by atoms with E-state index in [4.69, 9.17) is 4.42 Å². The van der Waals surface area contributed by atoms with Gasteiger partial charge in [0, 0.05) is 0 Å². The van der Waals surface area contributed by atoms with Crippen molar-refractivity contribution in [2.24, 2.45) is 0 Å². The van der Waals surface area contributed by atoms with Gasteiger partial charge in [-0.1, -0.05) is 12.8 Å². The molecule has 0 saturated heterocycles. The fraction of sp³-hybridized carbons (Fsp3) is 0.667. The molecule has 1 amide bonds. The van der Waals surface area contributed by atoms with E-state index < -0.39 is 0 Å². The van der Waals surface area contributed by atoms with Gasteiger partial charge in [-0.2, -0.15) is 11.8 Å². The number of amides is 1. The minimum Gasteiger partial charge on any atom is -0.467 e. The summed E-state index contributed by atoms with van der Waals surface area (Å²) in [4.78, 5) is 11.8. The standard InChI is InChI=1S/C15H26N2O2S/c1-13(16-9-5-3-4-6-11-20-2)15(18)17-12-14-8-7-10-19-14/h7-8,10,13,16H,3-6,9,11-12H2,1-2H3,(H,17,18). The Kier molecular flexibility index (Phi) is 9.24. The van der Waals surface area contributed by atoms with E-state index in [2.05, 4.69) is 16.9 Å². The van der Waals surface area contributed by atoms with E-state index in [-0.39, 0.29) is 11.9 Å². The molecule has 0 radical (unpaired) electrons. The average molecular weight is 298 g/mol. The van der Waals surface area contributed by atoms with Crippen LogP contribution in [0.5, 0.6) is 0 Å². The maximum atomic E-state index is 11.8. The lowest BCUT2D eigenvalue weighted by Gasteiger charge is -2.13. The summed E-state index contributed by atoms with van der Waals surface area (Å²) >= 11 is 1.90. The van der Waals surface area contributed by atoms with E-state index in [1.807, 2.05) is 30.8 Å². The van der Waals surface area contributed by atoms with Crippen LogP contribution in [0.1, 0.15) is 38.4 Å². The lowest BCUT2D eigenvalue weighted by molar-refractivity contribution is -0.123. The van der Waals surface area contributed by atoms with Crippen molar-refractivity contribution in [1.29, 1.82) is 0 Å². The van der Waals surface area contributed by atoms with Crippen molar-refractivity contribution < 1.29 is 9.21 Å². The molecular weight excluding hydrogens is 272 g/mol. The van der Waals surface area contributed by atoms with Gasteiger partial charge >= 0.3 is 0 Å². The minimum absolute atomic E-state index is 0.0174. The summed E-state index contributed by atoms with van der Waals surface area (Å²) in [6, 6.07) is 3.52. The number of unbranched alkanes of at least 4 members (excludes halogenated alkanes) is 3. The third kappa shape index (κ3) is 7.60. The van der Waals surface area contributed by atoms with Gasteiger partial charge in [0.1, 0.15) is 5.76 Å². The fourth-order valence-corrected chi connectivity index (χ4v) is 2.37. The van der Waals surface area contributed by atoms with Crippen LogP contribution in [0, 0.1) is 0 Å². The average Bonchev–Trinajstić information content (AvgIpc) is 2.96. The molecule has 0 aliphatic carbocycles. The normalized spacial score (nSPS) is 12.3. The van der Waals surface area contributed by atoms with E-state index in [1.54, 1.807) is 6.26 Å². The van der Waals surface area contributed by atoms with Gasteiger partial charge in [0.2, 0.25) is 5.91 Å². The molecule has 1 aromatic heterocycles. The van der Waals surface area contributed by atoms with Crippen LogP contribution in [0.2, 0.25) is 0 Å². The van der Waals surface area contributed by atoms with E-state index in [0.717, 1.165) is 18.7 Å². The monoisotopic (exact) mass is 298 g/mol. The summed E-state index contributed by atoms with van der Waals surface area (Å²) in [5, 5.41) is 6.11. The molecule has 0 aliphatic rings. The minimum atomic E-state index is -0.156. The Balaban J connectivity index is 2.00. The van der Waals surface area contributed by atoms with E-state index >= 15 is 0 Å². The molecule has 0 aromatic carbocycles. The van der Waals surface area contributed by atoms with E-state index in [0.29, 0.717) is 6.54 Å². The molecular formula is C15H26N2O2S. The summed E-state index contributed by atoms with van der Waals surface area (Å²) in [7, 11) is 0. The zero-order valence-electron chi connectivity index (χ0n) is 12.5. The SMILES string of the molecule is CSCCCCCCNC(C)C(=O)NCc1ccco1. The van der Waals surface area contributed by atoms with Crippen molar-refractivity contribution in [1.82, 2.24) is 10.6 Å². The Morgan fingerprint density at radius 3 is 2.85 bits per heavy atom. The maximum absolute atomic E-state index is 11.8. The largest absolute Gasteiger partial charge is 0.467 e. The Bertz CT molecular complexity index is 355. The van der Waals surface area contributed by atoms with Crippen LogP contribution in [0.15, 0.2) is 22.8 Å². The third-order valence-electron chi connectivity index (χ3n) is 3.14. The molecule has 1 aromatic rings. The molecule has 20 heavy (non-hydrogen) atoms. The van der Waals surface area contributed by atoms with Crippen molar-refractivity contribution in [2.75, 3.05) is 18.6 Å². The highest BCUT2D eigenvalue weighted by atomic mass is 32.2. The van der Waals surface area contributed by atoms with Crippen molar-refractivity contribution in [3.05, 3.63) is 24.2 Å². The van der Waals surface area contributed by atoms with Crippen LogP contribution in [0.25, 0.3) is 0 Å². The highest BCUT2D eigenvalue weighted by Crippen LogP contribution is 2.04. The number of hydrogen-bond acceptors (Lipinski definition) is 4. The third-order valence-corrected chi connectivity index (χ3v) is 3.83. The van der Waals surface area contributed by atoms with Crippen LogP contribution in [0.3, 0.4) is 0 Å². The first-order valence-electron chi connectivity index (χ1n) is 7.26. The number of carbonyl (C=O) groups is 1. The van der Waals surface area contributed by atoms with Crippen molar-refractivity contribution in [2.45, 2.75) is 45.2 Å². The summed E-state index contributed by atoms with van der Waals surface area (Å²) in [5.74, 6) is 2.04. The van der Waals surface area contributed by atoms with Gasteiger partial charge < -0.3 is 15.1 Å². The Labute approximate surface area is 126 Å². The molecule has 0 fully saturated rings. The van der Waals surface area contributed by atoms with Crippen LogP contribution in [-0.4, -0.2) is 30.5 Å². The fourth-order valence-electron chi connectivity index (χ4n) is 1.88. The number of hydrogen-bond donors (Lipinski definition) is 2. The van der Waals surface area contributed by atoms with Crippen LogP contribution >= 0.6 is 11.8 Å². The number of carbonyl (C=O) groups excluding carboxylic acids is 1. The predicted octanol–water partition coefficient (Wildman–Crippen LogP) is 2.80. The molecule has 0 bridgehead atoms. The highest BCUT2D eigenvalue weighted by Gasteiger charge is 2.11. The number of thioether (sulfide) groups is 1. The quantitative estimate of drug-likeness (QED) is 0.617. The summed E-state index contributed by atoms with van der Waals surface area (Å²) < 4.78 is 5.17. The Hall–Kier alpha value is -0.940. The molecule has 1 unspecified atom stereocenters. The molecule has 0 saturated carbocycles. The second-order valence-corrected chi connectivity index (χ2v) is 5.87. The van der Waals surface area contributed by atoms with Gasteiger partial charge in [0.15, 0.2) is 0 Å². The summed E-state index contributed by atoms with van der Waals surface area (Å²) in [5.41, 5.74) is 0. The summed E-state index contributed by atoms with van der Waals surface area (Å²) in [6.45, 7) is 3.24. The zero-order valence-corrected chi connectivity index (χ0v) is 13.3. The van der Waals surface area contributed by atoms with Gasteiger partial charge in [-0.05, 0) is 50.5 Å². The number of rotatable bonds is 11. The van der Waals surface area contributed by atoms with E-state index in [9.17, 15) is 4.79 Å². The second-order valence-electron chi connectivity index (χ2n) is 4.88. The van der Waals surface area contributed by atoms with Crippen molar-refractivity contribution >= 4 is 17.7 Å². The first kappa shape index (κ1) is 17.1. The molecule has 1 rings (SSSR count). The van der Waals surface area contributed by atoms with Gasteiger partial charge in [-0.3, -0.25) is 4.79 Å². The van der Waals surface area contributed by atoms with E-state index in [1.165, 1.54) is 25.0 Å². The molecule has 0 spiro atoms. The smallest absolute Gasteiger partial charge is 0.237 e. The first-order valence-corrected chi connectivity index (χ1v) is 8.66. The van der Waals surface area contributed by atoms with Crippen LogP contribution in [0.4, 0.5) is 0 Å². The number of nitrogens with one attached hydrogen (secondary N) is 2. The first-order chi connectivity index (χ1) is 9.74. The van der Waals surface area contributed by atoms with Crippen molar-refractivity contribution in [3.8, 4) is 0 Å². The van der Waals surface area contributed by atoms with Gasteiger partial charge in [0.05, 0.1) is 18.8 Å². The number of furan rings is 1. The molecule has 1 heterocycles. The molecule has 2 N–H and O–H groups in total. The summed E-state index contributed by atoms with van der Waals surface area (Å²) in [6.07, 6.45) is 8.69. The van der Waals surface area contributed by atoms with Gasteiger partial charge in [-0.25, -0.2) is 0 Å². The zero-order chi connectivity index (χ0) is 14.6. The van der Waals surface area contributed by atoms with Crippen molar-refractivity contribution in [3.63, 3.8) is 0 Å². The molecule has 0 aliphatic heterocycles. The Morgan fingerprint density at radius 2 is 2.15 bits per heavy atom. The highest BCUT2D eigenvalue weighted by molar-refractivity contribution is 7.98. The predicted molar refractivity (Wildman–Crippen MR) is 84.9 cm³/mol. The molecule has 114 valence electrons. The van der Waals surface area contributed by atoms with Crippen LogP contribution in [-0.2, 0) is 11.3 Å². The molecule has 5 heteroatoms. The topological polar surface area (TPSA) is 54.3 Å². The molecule has 4 nitrogen and oxygen atoms in total. The second kappa shape index (κ2) is 10.8. The lowest BCUT2D eigenvalue weighted by Crippen LogP contribution is -2.42. The Morgan fingerprint density at radius 1 is 1.35 bits per heavy atom. The van der Waals surface area contributed by atoms with Gasteiger partial charge in [0.25, 0.3) is 0 Å². The molecule has 1 atom stereocenters. The lowest BCUT2D eigenvalue weighted by atomic mass is 10.2.